The number of benzene rings is 1. The van der Waals surface area contributed by atoms with Crippen LogP contribution >= 0.6 is 0 Å². The molecule has 0 saturated heterocycles. The molecule has 0 amide bonds. The highest BCUT2D eigenvalue weighted by Gasteiger charge is 2.06. The smallest absolute Gasteiger partial charge is 0.135 e. The minimum absolute atomic E-state index is 0.631. The SMILES string of the molecule is NCCc1cc2ccc3occcc3c2n1. The number of nitrogens with zero attached hydrogens (tertiary/aromatic N) is 1. The zero-order valence-corrected chi connectivity index (χ0v) is 8.81. The van der Waals surface area contributed by atoms with Crippen molar-refractivity contribution in [1.29, 1.82) is 0 Å². The highest BCUT2D eigenvalue weighted by atomic mass is 16.3. The Hall–Kier alpha value is -1.87. The van der Waals surface area contributed by atoms with Crippen molar-refractivity contribution < 1.29 is 4.42 Å². The van der Waals surface area contributed by atoms with Gasteiger partial charge in [-0.05, 0) is 36.9 Å². The van der Waals surface area contributed by atoms with Crippen LogP contribution in [0.25, 0.3) is 21.9 Å². The molecule has 0 atom stereocenters. The van der Waals surface area contributed by atoms with Crippen LogP contribution in [-0.2, 0) is 6.42 Å². The normalized spacial score (nSPS) is 11.3. The predicted molar refractivity (Wildman–Crippen MR) is 64.3 cm³/mol. The van der Waals surface area contributed by atoms with Gasteiger partial charge in [-0.2, -0.15) is 0 Å². The van der Waals surface area contributed by atoms with Gasteiger partial charge in [0.05, 0.1) is 11.8 Å². The Balaban J connectivity index is 2.32. The highest BCUT2D eigenvalue weighted by Crippen LogP contribution is 2.25. The van der Waals surface area contributed by atoms with Crippen molar-refractivity contribution in [3.8, 4) is 0 Å². The maximum Gasteiger partial charge on any atom is 0.135 e. The van der Waals surface area contributed by atoms with E-state index in [1.54, 1.807) is 6.26 Å². The van der Waals surface area contributed by atoms with Gasteiger partial charge in [0, 0.05) is 22.9 Å². The zero-order chi connectivity index (χ0) is 11.0. The Labute approximate surface area is 92.9 Å². The first-order chi connectivity index (χ1) is 7.88. The lowest BCUT2D eigenvalue weighted by Gasteiger charge is -1.96. The molecule has 0 saturated carbocycles. The second-order valence-electron chi connectivity index (χ2n) is 3.81. The Morgan fingerprint density at radius 3 is 3.06 bits per heavy atom. The summed E-state index contributed by atoms with van der Waals surface area (Å²) in [5, 5.41) is 2.21. The second kappa shape index (κ2) is 3.61. The van der Waals surface area contributed by atoms with Crippen molar-refractivity contribution in [3.63, 3.8) is 0 Å². The number of rotatable bonds is 2. The molecule has 3 nitrogen and oxygen atoms in total. The van der Waals surface area contributed by atoms with Gasteiger partial charge in [-0.3, -0.25) is 4.98 Å². The summed E-state index contributed by atoms with van der Waals surface area (Å²) in [5.74, 6) is 0. The fraction of sp³-hybridized carbons (Fsp3) is 0.154. The quantitative estimate of drug-likeness (QED) is 0.710. The van der Waals surface area contributed by atoms with Crippen LogP contribution in [0.4, 0.5) is 0 Å². The van der Waals surface area contributed by atoms with E-state index in [0.29, 0.717) is 6.54 Å². The molecule has 0 aliphatic heterocycles. The highest BCUT2D eigenvalue weighted by molar-refractivity contribution is 6.03. The Morgan fingerprint density at radius 1 is 1.25 bits per heavy atom. The standard InChI is InChI=1S/C13H12N2O/c14-6-5-10-8-9-3-4-12-11(13(9)15-10)2-1-7-16-12/h1-4,7-8H,5-6,14H2. The van der Waals surface area contributed by atoms with E-state index in [-0.39, 0.29) is 0 Å². The van der Waals surface area contributed by atoms with Gasteiger partial charge >= 0.3 is 0 Å². The molecule has 3 rings (SSSR count). The van der Waals surface area contributed by atoms with E-state index in [9.17, 15) is 0 Å². The number of hydrogen-bond acceptors (Lipinski definition) is 3. The molecule has 1 aromatic carbocycles. The molecule has 2 aromatic heterocycles. The molecule has 3 heteroatoms. The van der Waals surface area contributed by atoms with Gasteiger partial charge in [-0.15, -0.1) is 0 Å². The molecule has 0 aliphatic carbocycles. The minimum Gasteiger partial charge on any atom is -0.464 e. The molecular weight excluding hydrogens is 200 g/mol. The molecule has 0 radical (unpaired) electrons. The first-order valence-corrected chi connectivity index (χ1v) is 5.34. The Bertz CT molecular complexity index is 643. The largest absolute Gasteiger partial charge is 0.464 e. The van der Waals surface area contributed by atoms with Crippen LogP contribution in [-0.4, -0.2) is 11.5 Å². The third-order valence-corrected chi connectivity index (χ3v) is 2.72. The lowest BCUT2D eigenvalue weighted by molar-refractivity contribution is 0.604. The topological polar surface area (TPSA) is 52.0 Å². The van der Waals surface area contributed by atoms with Crippen molar-refractivity contribution in [2.75, 3.05) is 6.54 Å². The first kappa shape index (κ1) is 9.36. The van der Waals surface area contributed by atoms with Crippen LogP contribution in [0.2, 0.25) is 0 Å². The van der Waals surface area contributed by atoms with Gasteiger partial charge in [-0.1, -0.05) is 0 Å². The van der Waals surface area contributed by atoms with Crippen molar-refractivity contribution in [1.82, 2.24) is 4.98 Å². The maximum atomic E-state index is 5.54. The first-order valence-electron chi connectivity index (χ1n) is 5.34. The fourth-order valence-electron chi connectivity index (χ4n) is 1.99. The third-order valence-electron chi connectivity index (χ3n) is 2.72. The van der Waals surface area contributed by atoms with Crippen molar-refractivity contribution in [3.05, 3.63) is 42.3 Å². The van der Waals surface area contributed by atoms with E-state index in [0.717, 1.165) is 34.0 Å². The van der Waals surface area contributed by atoms with Crippen LogP contribution in [0, 0.1) is 0 Å². The summed E-state index contributed by atoms with van der Waals surface area (Å²) in [7, 11) is 0. The van der Waals surface area contributed by atoms with Crippen LogP contribution in [0.5, 0.6) is 0 Å². The second-order valence-corrected chi connectivity index (χ2v) is 3.81. The van der Waals surface area contributed by atoms with E-state index in [2.05, 4.69) is 11.1 Å². The zero-order valence-electron chi connectivity index (χ0n) is 8.81. The van der Waals surface area contributed by atoms with Gasteiger partial charge in [0.2, 0.25) is 0 Å². The average molecular weight is 212 g/mol. The van der Waals surface area contributed by atoms with Gasteiger partial charge in [0.25, 0.3) is 0 Å². The van der Waals surface area contributed by atoms with Gasteiger partial charge < -0.3 is 10.2 Å². The van der Waals surface area contributed by atoms with E-state index in [4.69, 9.17) is 10.2 Å². The average Bonchev–Trinajstić information content (AvgIpc) is 2.72. The molecule has 0 fully saturated rings. The van der Waals surface area contributed by atoms with E-state index >= 15 is 0 Å². The molecule has 3 aromatic rings. The van der Waals surface area contributed by atoms with Crippen molar-refractivity contribution >= 4 is 21.9 Å². The summed E-state index contributed by atoms with van der Waals surface area (Å²) in [6.07, 6.45) is 2.50. The Kier molecular flexibility index (Phi) is 2.11. The molecule has 2 heterocycles. The van der Waals surface area contributed by atoms with Crippen LogP contribution in [0.3, 0.4) is 0 Å². The number of hydrogen-bond donors (Lipinski definition) is 1. The molecule has 2 N–H and O–H groups in total. The van der Waals surface area contributed by atoms with E-state index in [1.807, 2.05) is 24.3 Å². The molecule has 0 spiro atoms. The van der Waals surface area contributed by atoms with Crippen LogP contribution < -0.4 is 5.73 Å². The van der Waals surface area contributed by atoms with Gasteiger partial charge in [0.1, 0.15) is 5.58 Å². The summed E-state index contributed by atoms with van der Waals surface area (Å²) >= 11 is 0. The number of fused-ring (bicyclic) bond motifs is 3. The van der Waals surface area contributed by atoms with Crippen LogP contribution in [0.1, 0.15) is 5.69 Å². The molecule has 0 bridgehead atoms. The predicted octanol–water partition coefficient (Wildman–Crippen LogP) is 2.48. The summed E-state index contributed by atoms with van der Waals surface area (Å²) in [6, 6.07) is 10.0. The summed E-state index contributed by atoms with van der Waals surface area (Å²) in [6.45, 7) is 0.631. The maximum absolute atomic E-state index is 5.54. The lowest BCUT2D eigenvalue weighted by atomic mass is 10.1. The monoisotopic (exact) mass is 212 g/mol. The summed E-state index contributed by atoms with van der Waals surface area (Å²) in [4.78, 5) is 4.59. The van der Waals surface area contributed by atoms with Gasteiger partial charge in [-0.25, -0.2) is 0 Å². The van der Waals surface area contributed by atoms with Crippen molar-refractivity contribution in [2.24, 2.45) is 5.73 Å². The van der Waals surface area contributed by atoms with Gasteiger partial charge in [0.15, 0.2) is 0 Å². The van der Waals surface area contributed by atoms with E-state index < -0.39 is 0 Å². The lowest BCUT2D eigenvalue weighted by Crippen LogP contribution is -2.02. The fourth-order valence-corrected chi connectivity index (χ4v) is 1.99. The number of aromatic nitrogens is 1. The molecule has 16 heavy (non-hydrogen) atoms. The molecule has 0 aliphatic rings. The minimum atomic E-state index is 0.631. The third kappa shape index (κ3) is 1.37. The summed E-state index contributed by atoms with van der Waals surface area (Å²) < 4.78 is 5.42. The summed E-state index contributed by atoms with van der Waals surface area (Å²) in [5.41, 5.74) is 8.46. The Morgan fingerprint density at radius 2 is 2.19 bits per heavy atom. The molecule has 80 valence electrons. The van der Waals surface area contributed by atoms with E-state index in [1.165, 1.54) is 0 Å². The molecular formula is C13H12N2O. The van der Waals surface area contributed by atoms with Crippen LogP contribution in [0.15, 0.2) is 41.0 Å². The molecule has 0 unspecified atom stereocenters. The van der Waals surface area contributed by atoms with Crippen molar-refractivity contribution in [2.45, 2.75) is 6.42 Å². The number of nitrogens with two attached hydrogens (primary N) is 1.